The monoisotopic (exact) mass is 679 g/mol. The Balaban J connectivity index is 1.61. The Morgan fingerprint density at radius 1 is 1.02 bits per heavy atom. The van der Waals surface area contributed by atoms with Crippen LogP contribution in [-0.4, -0.2) is 64.2 Å². The van der Waals surface area contributed by atoms with Crippen molar-refractivity contribution in [3.05, 3.63) is 53.6 Å². The molecule has 2 N–H and O–H groups in total. The number of hydrogen-bond acceptors (Lipinski definition) is 5. The highest BCUT2D eigenvalue weighted by atomic mass is 35.6. The van der Waals surface area contributed by atoms with Crippen molar-refractivity contribution < 1.29 is 23.9 Å². The van der Waals surface area contributed by atoms with Gasteiger partial charge in [0.15, 0.2) is 0 Å². The summed E-state index contributed by atoms with van der Waals surface area (Å²) in [5.74, 6) is -2.44. The van der Waals surface area contributed by atoms with Crippen molar-refractivity contribution in [3.63, 3.8) is 0 Å². The van der Waals surface area contributed by atoms with Crippen LogP contribution in [0.15, 0.2) is 42.5 Å². The summed E-state index contributed by atoms with van der Waals surface area (Å²) in [6.07, 6.45) is 5.83. The Hall–Kier alpha value is -2.81. The largest absolute Gasteiger partial charge is 0.461 e. The molecule has 11 heteroatoms. The molecule has 0 radical (unpaired) electrons. The zero-order valence-electron chi connectivity index (χ0n) is 26.8. The lowest BCUT2D eigenvalue weighted by molar-refractivity contribution is -0.152. The number of nitrogens with one attached hydrogen (secondary N) is 2. The fourth-order valence-electron chi connectivity index (χ4n) is 5.16. The summed E-state index contributed by atoms with van der Waals surface area (Å²) in [7, 11) is 0. The van der Waals surface area contributed by atoms with E-state index in [4.69, 9.17) is 39.5 Å². The molecule has 1 unspecified atom stereocenters. The van der Waals surface area contributed by atoms with E-state index < -0.39 is 39.1 Å². The first-order chi connectivity index (χ1) is 21.0. The lowest BCUT2D eigenvalue weighted by atomic mass is 9.89. The van der Waals surface area contributed by atoms with Crippen molar-refractivity contribution in [2.75, 3.05) is 19.7 Å². The van der Waals surface area contributed by atoms with Crippen LogP contribution in [0.5, 0.6) is 0 Å². The van der Waals surface area contributed by atoms with E-state index in [1.54, 1.807) is 20.8 Å². The molecule has 3 atom stereocenters. The van der Waals surface area contributed by atoms with Crippen LogP contribution in [0.3, 0.4) is 0 Å². The van der Waals surface area contributed by atoms with Crippen molar-refractivity contribution in [2.45, 2.75) is 76.7 Å². The highest BCUT2D eigenvalue weighted by Crippen LogP contribution is 2.28. The van der Waals surface area contributed by atoms with Crippen molar-refractivity contribution in [1.29, 1.82) is 0 Å². The van der Waals surface area contributed by atoms with E-state index in [1.807, 2.05) is 32.1 Å². The minimum Gasteiger partial charge on any atom is -0.461 e. The van der Waals surface area contributed by atoms with Gasteiger partial charge in [-0.05, 0) is 73.9 Å². The molecular formula is C34H44Cl3N3O5. The maximum absolute atomic E-state index is 13.4. The average molecular weight is 681 g/mol. The van der Waals surface area contributed by atoms with Crippen LogP contribution in [0, 0.1) is 17.3 Å². The van der Waals surface area contributed by atoms with Gasteiger partial charge >= 0.3 is 5.97 Å². The average Bonchev–Trinajstić information content (AvgIpc) is 2.99. The summed E-state index contributed by atoms with van der Waals surface area (Å²) in [6, 6.07) is 10.8. The third-order valence-corrected chi connectivity index (χ3v) is 8.35. The number of carbonyl (C=O) groups excluding carboxylic acids is 4. The number of halogens is 3. The number of alkyl halides is 3. The summed E-state index contributed by atoms with van der Waals surface area (Å²) in [5.41, 5.74) is 1.32. The molecule has 1 heterocycles. The molecule has 3 amide bonds. The maximum atomic E-state index is 13.4. The van der Waals surface area contributed by atoms with Crippen molar-refractivity contribution >= 4 is 75.3 Å². The fourth-order valence-corrected chi connectivity index (χ4v) is 5.32. The molecule has 2 aromatic carbocycles. The number of benzene rings is 2. The van der Waals surface area contributed by atoms with Crippen LogP contribution >= 0.6 is 34.8 Å². The van der Waals surface area contributed by atoms with Gasteiger partial charge in [0, 0.05) is 13.1 Å². The number of piperidine rings is 1. The summed E-state index contributed by atoms with van der Waals surface area (Å²) in [5, 5.41) is 7.94. The lowest BCUT2D eigenvalue weighted by Crippen LogP contribution is -2.57. The predicted molar refractivity (Wildman–Crippen MR) is 181 cm³/mol. The van der Waals surface area contributed by atoms with E-state index in [2.05, 4.69) is 47.9 Å². The highest BCUT2D eigenvalue weighted by molar-refractivity contribution is 6.67. The van der Waals surface area contributed by atoms with Gasteiger partial charge in [-0.2, -0.15) is 0 Å². The third kappa shape index (κ3) is 10.6. The van der Waals surface area contributed by atoms with Crippen molar-refractivity contribution in [3.8, 4) is 0 Å². The normalized spacial score (nSPS) is 17.3. The number of likely N-dealkylation sites (tertiary alicyclic amines) is 1. The van der Waals surface area contributed by atoms with E-state index in [0.717, 1.165) is 22.8 Å². The standard InChI is InChI=1S/C34H44Cl3N3O5/c1-7-23-10-12-25-13-11-24(18-27(25)17-23)14-15-33(5,6)32(44)39-28(21(2)3)29(41)38-22(4)30(42)40-16-8-9-26(19-40)31(43)45-20-34(35,36)37/h10-15,17-18,21-22,26,28H,7-9,16,19-20H2,1-6H3,(H,38,41)(H,39,44)/b15-14+/t22-,26+,28?/m0/s1. The number of rotatable bonds is 11. The smallest absolute Gasteiger partial charge is 0.310 e. The Morgan fingerprint density at radius 3 is 2.36 bits per heavy atom. The van der Waals surface area contributed by atoms with Gasteiger partial charge in [0.05, 0.1) is 11.3 Å². The Kier molecular flexibility index (Phi) is 12.8. The van der Waals surface area contributed by atoms with Crippen molar-refractivity contribution in [1.82, 2.24) is 15.5 Å². The van der Waals surface area contributed by atoms with Gasteiger partial charge in [0.25, 0.3) is 0 Å². The quantitative estimate of drug-likeness (QED) is 0.216. The minimum absolute atomic E-state index is 0.138. The van der Waals surface area contributed by atoms with E-state index >= 15 is 0 Å². The second-order valence-corrected chi connectivity index (χ2v) is 15.1. The minimum atomic E-state index is -1.72. The van der Waals surface area contributed by atoms with E-state index in [0.29, 0.717) is 19.4 Å². The van der Waals surface area contributed by atoms with Crippen LogP contribution in [0.25, 0.3) is 16.8 Å². The lowest BCUT2D eigenvalue weighted by Gasteiger charge is -2.34. The summed E-state index contributed by atoms with van der Waals surface area (Å²) < 4.78 is 3.38. The van der Waals surface area contributed by atoms with Gasteiger partial charge in [-0.15, -0.1) is 0 Å². The summed E-state index contributed by atoms with van der Waals surface area (Å²) in [6.45, 7) is 11.2. The molecule has 2 aromatic rings. The molecule has 45 heavy (non-hydrogen) atoms. The number of esters is 1. The molecule has 3 rings (SSSR count). The van der Waals surface area contributed by atoms with Gasteiger partial charge in [0.2, 0.25) is 21.5 Å². The van der Waals surface area contributed by atoms with Crippen LogP contribution in [0.1, 0.15) is 65.5 Å². The molecule has 246 valence electrons. The number of amides is 3. The second-order valence-electron chi connectivity index (χ2n) is 12.6. The number of aryl methyl sites for hydroxylation is 1. The van der Waals surface area contributed by atoms with Crippen LogP contribution in [0.4, 0.5) is 0 Å². The SMILES string of the molecule is CCc1ccc2ccc(/C=C/C(C)(C)C(=O)NC(C(=O)N[C@@H](C)C(=O)N3CCC[C@@H](C(=O)OCC(Cl)(Cl)Cl)C3)C(C)C)cc2c1. The number of ether oxygens (including phenoxy) is 1. The summed E-state index contributed by atoms with van der Waals surface area (Å²) in [4.78, 5) is 53.9. The number of hydrogen-bond donors (Lipinski definition) is 2. The first-order valence-electron chi connectivity index (χ1n) is 15.4. The number of nitrogens with zero attached hydrogens (tertiary/aromatic N) is 1. The van der Waals surface area contributed by atoms with Gasteiger partial charge in [-0.25, -0.2) is 0 Å². The number of carbonyl (C=O) groups is 4. The van der Waals surface area contributed by atoms with Crippen LogP contribution in [-0.2, 0) is 30.3 Å². The highest BCUT2D eigenvalue weighted by Gasteiger charge is 2.35. The molecule has 8 nitrogen and oxygen atoms in total. The van der Waals surface area contributed by atoms with Gasteiger partial charge in [0.1, 0.15) is 18.7 Å². The van der Waals surface area contributed by atoms with E-state index in [-0.39, 0.29) is 30.9 Å². The molecule has 1 saturated heterocycles. The molecule has 0 aliphatic carbocycles. The molecule has 0 spiro atoms. The predicted octanol–water partition coefficient (Wildman–Crippen LogP) is 6.24. The number of fused-ring (bicyclic) bond motifs is 1. The Bertz CT molecular complexity index is 1420. The molecule has 1 aliphatic heterocycles. The molecule has 1 fully saturated rings. The molecule has 1 aliphatic rings. The van der Waals surface area contributed by atoms with Gasteiger partial charge < -0.3 is 20.3 Å². The Morgan fingerprint density at radius 2 is 1.71 bits per heavy atom. The molecule has 0 saturated carbocycles. The second kappa shape index (κ2) is 15.7. The third-order valence-electron chi connectivity index (χ3n) is 8.02. The topological polar surface area (TPSA) is 105 Å². The first kappa shape index (κ1) is 36.7. The maximum Gasteiger partial charge on any atom is 0.310 e. The zero-order chi connectivity index (χ0) is 33.5. The van der Waals surface area contributed by atoms with E-state index in [1.165, 1.54) is 10.5 Å². The summed E-state index contributed by atoms with van der Waals surface area (Å²) >= 11 is 17.0. The fraction of sp³-hybridized carbons (Fsp3) is 0.529. The molecule has 0 aromatic heterocycles. The van der Waals surface area contributed by atoms with Crippen LogP contribution in [0.2, 0.25) is 0 Å². The first-order valence-corrected chi connectivity index (χ1v) is 16.5. The molecular weight excluding hydrogens is 637 g/mol. The van der Waals surface area contributed by atoms with Gasteiger partial charge in [-0.3, -0.25) is 19.2 Å². The molecule has 0 bridgehead atoms. The van der Waals surface area contributed by atoms with Gasteiger partial charge in [-0.1, -0.05) is 98.1 Å². The zero-order valence-corrected chi connectivity index (χ0v) is 29.1. The Labute approximate surface area is 281 Å². The van der Waals surface area contributed by atoms with Crippen molar-refractivity contribution in [2.24, 2.45) is 17.3 Å². The van der Waals surface area contributed by atoms with E-state index in [9.17, 15) is 19.2 Å². The van der Waals surface area contributed by atoms with Crippen LogP contribution < -0.4 is 10.6 Å².